The van der Waals surface area contributed by atoms with Crippen molar-refractivity contribution in [1.82, 2.24) is 9.55 Å². The van der Waals surface area contributed by atoms with Crippen LogP contribution in [0.15, 0.2) is 58.6 Å². The van der Waals surface area contributed by atoms with Gasteiger partial charge in [-0.15, -0.1) is 0 Å². The Morgan fingerprint density at radius 2 is 1.19 bits per heavy atom. The van der Waals surface area contributed by atoms with Gasteiger partial charge >= 0.3 is 69.2 Å². The molecule has 0 N–H and O–H groups in total. The second kappa shape index (κ2) is 21.5. The summed E-state index contributed by atoms with van der Waals surface area (Å²) in [6, 6.07) is 12.6. The van der Waals surface area contributed by atoms with Crippen LogP contribution >= 0.6 is 0 Å². The van der Waals surface area contributed by atoms with Gasteiger partial charge in [-0.2, -0.15) is 8.42 Å². The Morgan fingerprint density at radius 3 is 1.74 bits per heavy atom. The molecule has 0 saturated heterocycles. The van der Waals surface area contributed by atoms with Gasteiger partial charge in [-0.25, -0.2) is 13.4 Å². The molecule has 0 spiro atoms. The van der Waals surface area contributed by atoms with Crippen LogP contribution in [0.5, 0.6) is 0 Å². The molecule has 43 heavy (non-hydrogen) atoms. The Hall–Kier alpha value is -0.270. The van der Waals surface area contributed by atoms with Crippen LogP contribution < -0.4 is 59.1 Å². The average molecular weight is 652 g/mol. The molecule has 0 aliphatic carbocycles. The molecule has 228 valence electrons. The molecule has 0 fully saturated rings. The van der Waals surface area contributed by atoms with Gasteiger partial charge in [0.1, 0.15) is 10.1 Å². The van der Waals surface area contributed by atoms with Crippen LogP contribution in [0.2, 0.25) is 0 Å². The summed E-state index contributed by atoms with van der Waals surface area (Å²) in [6.45, 7) is 2.14. The topological polar surface area (TPSA) is 118 Å². The van der Waals surface area contributed by atoms with Gasteiger partial charge in [0, 0.05) is 0 Å². The Bertz CT molecular complexity index is 1430. The van der Waals surface area contributed by atoms with E-state index in [1.165, 1.54) is 93.4 Å². The number of hydrogen-bond acceptors (Lipinski definition) is 7. The number of para-hydroxylation sites is 2. The molecular formula is C31H45N2Na2O6S2+. The number of benzene rings is 2. The largest absolute Gasteiger partial charge is 1.00 e. The van der Waals surface area contributed by atoms with Crippen molar-refractivity contribution in [1.29, 1.82) is 0 Å². The molecule has 0 radical (unpaired) electrons. The van der Waals surface area contributed by atoms with Gasteiger partial charge in [0.15, 0.2) is 0 Å². The van der Waals surface area contributed by atoms with E-state index in [0.29, 0.717) is 17.5 Å². The van der Waals surface area contributed by atoms with Crippen LogP contribution in [-0.4, -0.2) is 37.5 Å². The number of aromatic nitrogens is 2. The number of imidazole rings is 1. The monoisotopic (exact) mass is 651 g/mol. The SMILES string of the molecule is CCCCCCCCCCCCCCCCCOS(=O)(=O)c1nc2ccccc2n1Cc1ccccc1S(=O)(=O)[O-].[Na+].[Na+]. The first-order valence-corrected chi connectivity index (χ1v) is 17.9. The summed E-state index contributed by atoms with van der Waals surface area (Å²) in [5.74, 6) is 0. The van der Waals surface area contributed by atoms with Gasteiger partial charge in [-0.05, 0) is 30.2 Å². The molecule has 0 aliphatic heterocycles. The molecule has 0 saturated carbocycles. The second-order valence-corrected chi connectivity index (χ2v) is 13.6. The van der Waals surface area contributed by atoms with Crippen molar-refractivity contribution in [3.05, 3.63) is 54.1 Å². The standard InChI is InChI=1S/C31H46N2O6S2.2Na/c1-2-3-4-5-6-7-8-9-10-11-12-13-14-15-20-25-39-41(37,38)31-32-28-22-17-18-23-29(28)33(31)26-27-21-16-19-24-30(27)40(34,35)36;;/h16-19,21-24H,2-15,20,25-26H2,1H3,(H,34,35,36);;/q;2*+1/p-1. The predicted molar refractivity (Wildman–Crippen MR) is 161 cm³/mol. The Balaban J connectivity index is 0.00000462. The minimum absolute atomic E-state index is 0. The van der Waals surface area contributed by atoms with Crippen molar-refractivity contribution < 1.29 is 84.7 Å². The van der Waals surface area contributed by atoms with Crippen LogP contribution in [0.4, 0.5) is 0 Å². The Kier molecular flexibility index (Phi) is 20.4. The Labute approximate surface area is 303 Å². The molecule has 2 aromatic carbocycles. The molecule has 1 heterocycles. The fourth-order valence-corrected chi connectivity index (χ4v) is 6.93. The minimum atomic E-state index is -4.74. The van der Waals surface area contributed by atoms with Crippen LogP contribution in [0.25, 0.3) is 11.0 Å². The van der Waals surface area contributed by atoms with E-state index in [-0.39, 0.29) is 87.9 Å². The molecule has 0 aliphatic rings. The molecule has 0 bridgehead atoms. The Morgan fingerprint density at radius 1 is 0.698 bits per heavy atom. The van der Waals surface area contributed by atoms with Crippen molar-refractivity contribution in [2.75, 3.05) is 6.61 Å². The van der Waals surface area contributed by atoms with Crippen molar-refractivity contribution in [2.45, 2.75) is 120 Å². The molecule has 3 aromatic rings. The van der Waals surface area contributed by atoms with E-state index in [1.54, 1.807) is 30.3 Å². The molecule has 0 amide bonds. The predicted octanol–water partition coefficient (Wildman–Crippen LogP) is 1.57. The number of rotatable bonds is 21. The summed E-state index contributed by atoms with van der Waals surface area (Å²) < 4.78 is 68.4. The second-order valence-electron chi connectivity index (χ2n) is 10.8. The van der Waals surface area contributed by atoms with Gasteiger partial charge in [-0.1, -0.05) is 127 Å². The first-order valence-electron chi connectivity index (χ1n) is 15.1. The molecule has 0 atom stereocenters. The van der Waals surface area contributed by atoms with E-state index in [4.69, 9.17) is 4.18 Å². The maximum Gasteiger partial charge on any atom is 1.00 e. The fraction of sp³-hybridized carbons (Fsp3) is 0.581. The van der Waals surface area contributed by atoms with Crippen molar-refractivity contribution >= 4 is 31.3 Å². The maximum atomic E-state index is 13.2. The first kappa shape index (κ1) is 40.8. The maximum absolute atomic E-state index is 13.2. The number of unbranched alkanes of at least 4 members (excludes halogenated alkanes) is 14. The summed E-state index contributed by atoms with van der Waals surface area (Å²) in [6.07, 6.45) is 18.3. The number of hydrogen-bond donors (Lipinski definition) is 0. The van der Waals surface area contributed by atoms with Crippen LogP contribution in [0.3, 0.4) is 0 Å². The van der Waals surface area contributed by atoms with E-state index >= 15 is 0 Å². The summed E-state index contributed by atoms with van der Waals surface area (Å²) >= 11 is 0. The molecule has 0 unspecified atom stereocenters. The van der Waals surface area contributed by atoms with Crippen molar-refractivity contribution in [3.63, 3.8) is 0 Å². The number of nitrogens with zero attached hydrogens (tertiary/aromatic N) is 2. The average Bonchev–Trinajstić information content (AvgIpc) is 3.32. The molecule has 1 aromatic heterocycles. The zero-order valence-electron chi connectivity index (χ0n) is 26.3. The third-order valence-electron chi connectivity index (χ3n) is 7.40. The van der Waals surface area contributed by atoms with E-state index in [2.05, 4.69) is 11.9 Å². The van der Waals surface area contributed by atoms with Crippen molar-refractivity contribution in [3.8, 4) is 0 Å². The van der Waals surface area contributed by atoms with E-state index in [1.807, 2.05) is 0 Å². The third-order valence-corrected chi connectivity index (χ3v) is 9.57. The molecular weight excluding hydrogens is 606 g/mol. The first-order chi connectivity index (χ1) is 19.7. The number of fused-ring (bicyclic) bond motifs is 1. The van der Waals surface area contributed by atoms with Crippen LogP contribution in [0.1, 0.15) is 109 Å². The minimum Gasteiger partial charge on any atom is -0.744 e. The zero-order chi connectivity index (χ0) is 29.6. The third kappa shape index (κ3) is 13.9. The van der Waals surface area contributed by atoms with E-state index in [9.17, 15) is 21.4 Å². The molecule has 8 nitrogen and oxygen atoms in total. The quantitative estimate of drug-likeness (QED) is 0.0743. The van der Waals surface area contributed by atoms with Crippen LogP contribution in [-0.2, 0) is 31.0 Å². The summed E-state index contributed by atoms with van der Waals surface area (Å²) in [5, 5.41) is -0.308. The van der Waals surface area contributed by atoms with E-state index < -0.39 is 20.2 Å². The van der Waals surface area contributed by atoms with Crippen molar-refractivity contribution in [2.24, 2.45) is 0 Å². The van der Waals surface area contributed by atoms with Crippen LogP contribution in [0, 0.1) is 0 Å². The zero-order valence-corrected chi connectivity index (χ0v) is 31.9. The normalized spacial score (nSPS) is 11.8. The smallest absolute Gasteiger partial charge is 0.744 e. The van der Waals surface area contributed by atoms with Gasteiger partial charge in [0.2, 0.25) is 0 Å². The summed E-state index contributed by atoms with van der Waals surface area (Å²) in [5.41, 5.74) is 1.12. The van der Waals surface area contributed by atoms with Gasteiger partial charge in [-0.3, -0.25) is 4.18 Å². The van der Waals surface area contributed by atoms with Gasteiger partial charge in [0.25, 0.3) is 5.16 Å². The molecule has 3 rings (SSSR count). The summed E-state index contributed by atoms with van der Waals surface area (Å²) in [7, 11) is -8.96. The summed E-state index contributed by atoms with van der Waals surface area (Å²) in [4.78, 5) is 3.90. The molecule has 12 heteroatoms. The van der Waals surface area contributed by atoms with Gasteiger partial charge < -0.3 is 9.12 Å². The van der Waals surface area contributed by atoms with Gasteiger partial charge in [0.05, 0.1) is 29.1 Å². The fourth-order valence-electron chi connectivity index (χ4n) is 5.14. The van der Waals surface area contributed by atoms with E-state index in [0.717, 1.165) is 19.3 Å².